The first kappa shape index (κ1) is 22.9. The molecule has 1 saturated heterocycles. The Hall–Kier alpha value is -3.73. The molecule has 3 rings (SSSR count). The van der Waals surface area contributed by atoms with E-state index in [9.17, 15) is 14.4 Å². The molecule has 8 heteroatoms. The zero-order valence-corrected chi connectivity index (χ0v) is 18.3. The van der Waals surface area contributed by atoms with Crippen LogP contribution in [-0.2, 0) is 11.2 Å². The van der Waals surface area contributed by atoms with E-state index in [2.05, 4.69) is 10.2 Å². The maximum atomic E-state index is 13.1. The molecular formula is C24H27FN4O3. The summed E-state index contributed by atoms with van der Waals surface area (Å²) in [7, 11) is 3.18. The van der Waals surface area contributed by atoms with Crippen LogP contribution in [0.5, 0.6) is 11.5 Å². The van der Waals surface area contributed by atoms with Crippen molar-refractivity contribution in [3.63, 3.8) is 0 Å². The Morgan fingerprint density at radius 3 is 2.41 bits per heavy atom. The summed E-state index contributed by atoms with van der Waals surface area (Å²) in [4.78, 5) is 16.5. The molecule has 1 amide bonds. The number of nitrogens with one attached hydrogen (secondary N) is 1. The molecule has 32 heavy (non-hydrogen) atoms. The van der Waals surface area contributed by atoms with Gasteiger partial charge in [-0.05, 0) is 48.4 Å². The van der Waals surface area contributed by atoms with Crippen molar-refractivity contribution in [3.8, 4) is 17.6 Å². The largest absolute Gasteiger partial charge is 0.493 e. The molecule has 0 aromatic heterocycles. The lowest BCUT2D eigenvalue weighted by atomic mass is 10.1. The van der Waals surface area contributed by atoms with Crippen LogP contribution in [0.2, 0.25) is 0 Å². The molecule has 0 saturated carbocycles. The van der Waals surface area contributed by atoms with E-state index in [4.69, 9.17) is 9.47 Å². The summed E-state index contributed by atoms with van der Waals surface area (Å²) in [6.45, 7) is 2.82. The van der Waals surface area contributed by atoms with Crippen molar-refractivity contribution < 1.29 is 18.7 Å². The molecule has 2 aromatic carbocycles. The standard InChI is InChI=1S/C24H27FN4O3/c1-31-22-8-3-18(15-23(22)32-2)9-10-27-17-19(16-26)24(30)29-13-11-28(12-14-29)21-6-4-20(25)5-7-21/h3-8,15,17,27H,9-14H2,1-2H3/b19-17-. The number of ether oxygens (including phenoxy) is 2. The quantitative estimate of drug-likeness (QED) is 0.388. The number of piperazine rings is 1. The first-order chi connectivity index (χ1) is 15.5. The summed E-state index contributed by atoms with van der Waals surface area (Å²) in [5.74, 6) is 0.768. The van der Waals surface area contributed by atoms with Gasteiger partial charge in [0.25, 0.3) is 5.91 Å². The molecule has 1 aliphatic heterocycles. The highest BCUT2D eigenvalue weighted by molar-refractivity contribution is 5.97. The second kappa shape index (κ2) is 11.0. The maximum Gasteiger partial charge on any atom is 0.266 e. The number of carbonyl (C=O) groups is 1. The highest BCUT2D eigenvalue weighted by Crippen LogP contribution is 2.27. The SMILES string of the molecule is COc1ccc(CCN/C=C(/C#N)C(=O)N2CCN(c3ccc(F)cc3)CC2)cc1OC. The Labute approximate surface area is 187 Å². The fourth-order valence-corrected chi connectivity index (χ4v) is 3.56. The molecule has 7 nitrogen and oxygen atoms in total. The summed E-state index contributed by atoms with van der Waals surface area (Å²) in [6, 6.07) is 14.0. The second-order valence-corrected chi connectivity index (χ2v) is 7.32. The molecule has 0 aliphatic carbocycles. The summed E-state index contributed by atoms with van der Waals surface area (Å²) in [5, 5.41) is 12.5. The number of hydrogen-bond donors (Lipinski definition) is 1. The highest BCUT2D eigenvalue weighted by atomic mass is 19.1. The number of amides is 1. The summed E-state index contributed by atoms with van der Waals surface area (Å²) in [6.07, 6.45) is 2.18. The van der Waals surface area contributed by atoms with Crippen molar-refractivity contribution in [2.45, 2.75) is 6.42 Å². The van der Waals surface area contributed by atoms with Gasteiger partial charge in [-0.2, -0.15) is 5.26 Å². The van der Waals surface area contributed by atoms with Gasteiger partial charge < -0.3 is 24.6 Å². The Balaban J connectivity index is 1.50. The number of rotatable bonds is 8. The molecule has 2 aromatic rings. The van der Waals surface area contributed by atoms with Crippen molar-refractivity contribution in [1.29, 1.82) is 5.26 Å². The van der Waals surface area contributed by atoms with Crippen LogP contribution < -0.4 is 19.7 Å². The van der Waals surface area contributed by atoms with Crippen LogP contribution in [0, 0.1) is 17.1 Å². The van der Waals surface area contributed by atoms with Gasteiger partial charge in [0.05, 0.1) is 14.2 Å². The Morgan fingerprint density at radius 2 is 1.78 bits per heavy atom. The zero-order chi connectivity index (χ0) is 22.9. The fourth-order valence-electron chi connectivity index (χ4n) is 3.56. The average molecular weight is 439 g/mol. The molecule has 0 atom stereocenters. The maximum absolute atomic E-state index is 13.1. The molecule has 0 spiro atoms. The third-order valence-corrected chi connectivity index (χ3v) is 5.36. The van der Waals surface area contributed by atoms with Gasteiger partial charge in [-0.25, -0.2) is 4.39 Å². The van der Waals surface area contributed by atoms with E-state index in [0.29, 0.717) is 50.6 Å². The normalized spacial score (nSPS) is 14.0. The molecule has 1 N–H and O–H groups in total. The lowest BCUT2D eigenvalue weighted by molar-refractivity contribution is -0.127. The van der Waals surface area contributed by atoms with Crippen LogP contribution in [0.15, 0.2) is 54.2 Å². The molecule has 1 heterocycles. The topological polar surface area (TPSA) is 77.8 Å². The number of methoxy groups -OCH3 is 2. The van der Waals surface area contributed by atoms with Crippen LogP contribution >= 0.6 is 0 Å². The van der Waals surface area contributed by atoms with Crippen LogP contribution in [0.4, 0.5) is 10.1 Å². The third-order valence-electron chi connectivity index (χ3n) is 5.36. The third kappa shape index (κ3) is 5.70. The molecule has 1 aliphatic rings. The minimum atomic E-state index is -0.287. The predicted molar refractivity (Wildman–Crippen MR) is 120 cm³/mol. The molecule has 0 unspecified atom stereocenters. The van der Waals surface area contributed by atoms with E-state index in [-0.39, 0.29) is 17.3 Å². The van der Waals surface area contributed by atoms with E-state index < -0.39 is 0 Å². The van der Waals surface area contributed by atoms with Gasteiger partial charge in [0.2, 0.25) is 0 Å². The molecule has 168 valence electrons. The monoisotopic (exact) mass is 438 g/mol. The Bertz CT molecular complexity index is 993. The Morgan fingerprint density at radius 1 is 1.09 bits per heavy atom. The van der Waals surface area contributed by atoms with E-state index >= 15 is 0 Å². The Kier molecular flexibility index (Phi) is 7.92. The average Bonchev–Trinajstić information content (AvgIpc) is 2.84. The van der Waals surface area contributed by atoms with Crippen molar-refractivity contribution >= 4 is 11.6 Å². The highest BCUT2D eigenvalue weighted by Gasteiger charge is 2.23. The minimum absolute atomic E-state index is 0.0764. The van der Waals surface area contributed by atoms with Crippen LogP contribution in [-0.4, -0.2) is 57.8 Å². The van der Waals surface area contributed by atoms with Gasteiger partial charge in [0, 0.05) is 44.6 Å². The van der Waals surface area contributed by atoms with Crippen molar-refractivity contribution in [1.82, 2.24) is 10.2 Å². The number of halogens is 1. The summed E-state index contributed by atoms with van der Waals surface area (Å²) < 4.78 is 23.7. The summed E-state index contributed by atoms with van der Waals surface area (Å²) >= 11 is 0. The predicted octanol–water partition coefficient (Wildman–Crippen LogP) is 2.73. The smallest absolute Gasteiger partial charge is 0.266 e. The van der Waals surface area contributed by atoms with Gasteiger partial charge in [-0.3, -0.25) is 4.79 Å². The number of benzene rings is 2. The van der Waals surface area contributed by atoms with E-state index in [1.54, 1.807) is 31.3 Å². The first-order valence-corrected chi connectivity index (χ1v) is 10.4. The van der Waals surface area contributed by atoms with Gasteiger partial charge in [0.1, 0.15) is 17.5 Å². The molecule has 1 fully saturated rings. The summed E-state index contributed by atoms with van der Waals surface area (Å²) in [5.41, 5.74) is 2.05. The fraction of sp³-hybridized carbons (Fsp3) is 0.333. The van der Waals surface area contributed by atoms with Crippen molar-refractivity contribution in [2.24, 2.45) is 0 Å². The zero-order valence-electron chi connectivity index (χ0n) is 18.3. The molecule has 0 radical (unpaired) electrons. The van der Waals surface area contributed by atoms with Crippen LogP contribution in [0.3, 0.4) is 0 Å². The number of nitriles is 1. The van der Waals surface area contributed by atoms with E-state index in [0.717, 1.165) is 11.3 Å². The first-order valence-electron chi connectivity index (χ1n) is 10.4. The van der Waals surface area contributed by atoms with Crippen LogP contribution in [0.1, 0.15) is 5.56 Å². The van der Waals surface area contributed by atoms with E-state index in [1.165, 1.54) is 18.3 Å². The van der Waals surface area contributed by atoms with Gasteiger partial charge in [0.15, 0.2) is 11.5 Å². The van der Waals surface area contributed by atoms with Gasteiger partial charge in [-0.1, -0.05) is 6.07 Å². The number of carbonyl (C=O) groups excluding carboxylic acids is 1. The van der Waals surface area contributed by atoms with Crippen molar-refractivity contribution in [3.05, 3.63) is 65.6 Å². The van der Waals surface area contributed by atoms with Crippen molar-refractivity contribution in [2.75, 3.05) is 51.8 Å². The number of nitrogens with zero attached hydrogens (tertiary/aromatic N) is 3. The van der Waals surface area contributed by atoms with Crippen LogP contribution in [0.25, 0.3) is 0 Å². The van der Waals surface area contributed by atoms with Gasteiger partial charge in [-0.15, -0.1) is 0 Å². The molecule has 0 bridgehead atoms. The molecular weight excluding hydrogens is 411 g/mol. The van der Waals surface area contributed by atoms with Gasteiger partial charge >= 0.3 is 0 Å². The lowest BCUT2D eigenvalue weighted by Crippen LogP contribution is -2.49. The number of hydrogen-bond acceptors (Lipinski definition) is 6. The second-order valence-electron chi connectivity index (χ2n) is 7.32. The number of anilines is 1. The minimum Gasteiger partial charge on any atom is -0.493 e. The lowest BCUT2D eigenvalue weighted by Gasteiger charge is -2.36. The van der Waals surface area contributed by atoms with E-state index in [1.807, 2.05) is 24.3 Å².